The van der Waals surface area contributed by atoms with Crippen LogP contribution < -0.4 is 15.6 Å². The number of anilines is 2. The zero-order valence-corrected chi connectivity index (χ0v) is 17.2. The summed E-state index contributed by atoms with van der Waals surface area (Å²) in [5.74, 6) is -1.39. The maximum absolute atomic E-state index is 13.0. The van der Waals surface area contributed by atoms with Crippen LogP contribution in [-0.4, -0.2) is 27.7 Å². The highest BCUT2D eigenvalue weighted by molar-refractivity contribution is 5.67. The summed E-state index contributed by atoms with van der Waals surface area (Å²) in [6, 6.07) is 11.0. The molecule has 0 aliphatic carbocycles. The minimum atomic E-state index is -4.58. The number of carboxylic acid groups (broad SMARTS) is 1. The Bertz CT molecular complexity index is 1280. The van der Waals surface area contributed by atoms with E-state index in [0.29, 0.717) is 12.1 Å². The molecule has 0 atom stereocenters. The van der Waals surface area contributed by atoms with E-state index in [4.69, 9.17) is 9.84 Å². The standard InChI is InChI=1S/C22H17F3N4O4/c1-33-18-10-14(22(23,24)25)5-8-17(18)28-20-21(32)29(12-15(11-26)27-20)16-6-2-13(3-7-16)4-9-19(30)31/h2-3,5-8,10,12H,4,9H2,1H3,(H,27,28)(H,30,31). The Morgan fingerprint density at radius 3 is 2.52 bits per heavy atom. The summed E-state index contributed by atoms with van der Waals surface area (Å²) in [6.07, 6.45) is -3.08. The third-order valence-corrected chi connectivity index (χ3v) is 4.64. The van der Waals surface area contributed by atoms with Crippen molar-refractivity contribution in [2.75, 3.05) is 12.4 Å². The van der Waals surface area contributed by atoms with E-state index >= 15 is 0 Å². The molecular weight excluding hydrogens is 441 g/mol. The highest BCUT2D eigenvalue weighted by Crippen LogP contribution is 2.35. The van der Waals surface area contributed by atoms with Crippen molar-refractivity contribution in [3.63, 3.8) is 0 Å². The van der Waals surface area contributed by atoms with Crippen molar-refractivity contribution in [2.45, 2.75) is 19.0 Å². The van der Waals surface area contributed by atoms with Gasteiger partial charge in [-0.15, -0.1) is 0 Å². The third kappa shape index (κ3) is 5.48. The summed E-state index contributed by atoms with van der Waals surface area (Å²) in [4.78, 5) is 27.7. The lowest BCUT2D eigenvalue weighted by molar-refractivity contribution is -0.138. The summed E-state index contributed by atoms with van der Waals surface area (Å²) in [5.41, 5.74) is -0.506. The number of carboxylic acids is 1. The summed E-state index contributed by atoms with van der Waals surface area (Å²) in [5, 5.41) is 20.8. The van der Waals surface area contributed by atoms with Gasteiger partial charge in [0.05, 0.1) is 18.4 Å². The van der Waals surface area contributed by atoms with Gasteiger partial charge in [-0.1, -0.05) is 12.1 Å². The average molecular weight is 458 g/mol. The Labute approximate surface area is 185 Å². The van der Waals surface area contributed by atoms with Crippen molar-refractivity contribution in [1.29, 1.82) is 5.26 Å². The number of aromatic nitrogens is 2. The van der Waals surface area contributed by atoms with Gasteiger partial charge in [0, 0.05) is 18.3 Å². The molecule has 0 unspecified atom stereocenters. The van der Waals surface area contributed by atoms with Gasteiger partial charge >= 0.3 is 12.1 Å². The van der Waals surface area contributed by atoms with Crippen molar-refractivity contribution in [2.24, 2.45) is 0 Å². The Kier molecular flexibility index (Phi) is 6.67. The van der Waals surface area contributed by atoms with Crippen LogP contribution in [0, 0.1) is 11.3 Å². The monoisotopic (exact) mass is 458 g/mol. The van der Waals surface area contributed by atoms with Gasteiger partial charge in [-0.25, -0.2) is 4.98 Å². The van der Waals surface area contributed by atoms with Crippen LogP contribution >= 0.6 is 0 Å². The molecule has 3 aromatic rings. The lowest BCUT2D eigenvalue weighted by Crippen LogP contribution is -2.23. The second kappa shape index (κ2) is 9.44. The number of hydrogen-bond donors (Lipinski definition) is 2. The lowest BCUT2D eigenvalue weighted by Gasteiger charge is -2.15. The van der Waals surface area contributed by atoms with Gasteiger partial charge in [-0.2, -0.15) is 18.4 Å². The molecule has 0 aliphatic rings. The van der Waals surface area contributed by atoms with E-state index in [9.17, 15) is 28.0 Å². The second-order valence-electron chi connectivity index (χ2n) is 6.86. The summed E-state index contributed by atoms with van der Waals surface area (Å²) in [7, 11) is 1.18. The molecule has 0 aliphatic heterocycles. The molecule has 2 N–H and O–H groups in total. The van der Waals surface area contributed by atoms with Crippen molar-refractivity contribution in [3.05, 3.63) is 75.8 Å². The SMILES string of the molecule is COc1cc(C(F)(F)F)ccc1Nc1nc(C#N)cn(-c2ccc(CCC(=O)O)cc2)c1=O. The van der Waals surface area contributed by atoms with Gasteiger partial charge in [0.15, 0.2) is 11.5 Å². The minimum Gasteiger partial charge on any atom is -0.495 e. The van der Waals surface area contributed by atoms with E-state index < -0.39 is 23.3 Å². The number of carbonyl (C=O) groups is 1. The topological polar surface area (TPSA) is 117 Å². The fourth-order valence-corrected chi connectivity index (χ4v) is 2.99. The van der Waals surface area contributed by atoms with Gasteiger partial charge in [0.2, 0.25) is 0 Å². The summed E-state index contributed by atoms with van der Waals surface area (Å²) >= 11 is 0. The number of halogens is 3. The van der Waals surface area contributed by atoms with E-state index in [0.717, 1.165) is 28.3 Å². The number of ether oxygens (including phenoxy) is 1. The number of benzene rings is 2. The largest absolute Gasteiger partial charge is 0.495 e. The molecule has 11 heteroatoms. The highest BCUT2D eigenvalue weighted by Gasteiger charge is 2.31. The molecule has 3 rings (SSSR count). The summed E-state index contributed by atoms with van der Waals surface area (Å²) < 4.78 is 45.1. The van der Waals surface area contributed by atoms with E-state index in [1.807, 2.05) is 6.07 Å². The maximum atomic E-state index is 13.0. The first-order valence-corrected chi connectivity index (χ1v) is 9.49. The molecule has 0 saturated carbocycles. The van der Waals surface area contributed by atoms with Crippen LogP contribution in [0.2, 0.25) is 0 Å². The fourth-order valence-electron chi connectivity index (χ4n) is 2.99. The van der Waals surface area contributed by atoms with Crippen LogP contribution in [0.1, 0.15) is 23.2 Å². The molecule has 2 aromatic carbocycles. The molecule has 0 bridgehead atoms. The number of alkyl halides is 3. The van der Waals surface area contributed by atoms with E-state index in [1.165, 1.54) is 13.3 Å². The molecule has 0 fully saturated rings. The van der Waals surface area contributed by atoms with Gasteiger partial charge in [-0.05, 0) is 42.3 Å². The van der Waals surface area contributed by atoms with Crippen LogP contribution in [0.25, 0.3) is 5.69 Å². The Balaban J connectivity index is 1.99. The Morgan fingerprint density at radius 2 is 1.94 bits per heavy atom. The van der Waals surface area contributed by atoms with E-state index in [2.05, 4.69) is 10.3 Å². The van der Waals surface area contributed by atoms with Crippen molar-refractivity contribution < 1.29 is 27.8 Å². The normalized spacial score (nSPS) is 11.0. The quantitative estimate of drug-likeness (QED) is 0.552. The predicted molar refractivity (Wildman–Crippen MR) is 112 cm³/mol. The third-order valence-electron chi connectivity index (χ3n) is 4.64. The number of aryl methyl sites for hydroxylation is 1. The van der Waals surface area contributed by atoms with Crippen molar-refractivity contribution in [1.82, 2.24) is 9.55 Å². The fraction of sp³-hybridized carbons (Fsp3) is 0.182. The van der Waals surface area contributed by atoms with Crippen LogP contribution in [0.5, 0.6) is 5.75 Å². The van der Waals surface area contributed by atoms with Gasteiger partial charge in [-0.3, -0.25) is 14.2 Å². The number of nitrogens with one attached hydrogen (secondary N) is 1. The number of hydrogen-bond acceptors (Lipinski definition) is 6. The second-order valence-corrected chi connectivity index (χ2v) is 6.86. The molecular formula is C22H17F3N4O4. The molecule has 1 heterocycles. The highest BCUT2D eigenvalue weighted by atomic mass is 19.4. The number of methoxy groups -OCH3 is 1. The molecule has 0 spiro atoms. The number of nitriles is 1. The maximum Gasteiger partial charge on any atom is 0.416 e. The first-order chi connectivity index (χ1) is 15.6. The Hall–Kier alpha value is -4.33. The summed E-state index contributed by atoms with van der Waals surface area (Å²) in [6.45, 7) is 0. The van der Waals surface area contributed by atoms with Gasteiger partial charge < -0.3 is 15.2 Å². The number of rotatable bonds is 7. The zero-order valence-electron chi connectivity index (χ0n) is 17.2. The molecule has 1 aromatic heterocycles. The zero-order chi connectivity index (χ0) is 24.2. The number of nitrogens with zero attached hydrogens (tertiary/aromatic N) is 3. The van der Waals surface area contributed by atoms with Crippen molar-refractivity contribution >= 4 is 17.5 Å². The van der Waals surface area contributed by atoms with Crippen LogP contribution in [0.15, 0.2) is 53.5 Å². The number of aliphatic carboxylic acids is 1. The molecule has 0 saturated heterocycles. The molecule has 0 amide bonds. The first kappa shape index (κ1) is 23.3. The van der Waals surface area contributed by atoms with Gasteiger partial charge in [0.25, 0.3) is 5.56 Å². The molecule has 8 nitrogen and oxygen atoms in total. The molecule has 33 heavy (non-hydrogen) atoms. The molecule has 0 radical (unpaired) electrons. The average Bonchev–Trinajstić information content (AvgIpc) is 2.78. The van der Waals surface area contributed by atoms with Gasteiger partial charge in [0.1, 0.15) is 11.8 Å². The van der Waals surface area contributed by atoms with E-state index in [1.54, 1.807) is 24.3 Å². The van der Waals surface area contributed by atoms with Crippen LogP contribution in [-0.2, 0) is 17.4 Å². The first-order valence-electron chi connectivity index (χ1n) is 9.49. The van der Waals surface area contributed by atoms with Crippen LogP contribution in [0.3, 0.4) is 0 Å². The Morgan fingerprint density at radius 1 is 1.24 bits per heavy atom. The smallest absolute Gasteiger partial charge is 0.416 e. The van der Waals surface area contributed by atoms with E-state index in [-0.39, 0.29) is 29.4 Å². The van der Waals surface area contributed by atoms with Crippen LogP contribution in [0.4, 0.5) is 24.7 Å². The lowest BCUT2D eigenvalue weighted by atomic mass is 10.1. The molecule has 170 valence electrons. The minimum absolute atomic E-state index is 0.0455. The predicted octanol–water partition coefficient (Wildman–Crippen LogP) is 3.89. The van der Waals surface area contributed by atoms with Crippen molar-refractivity contribution in [3.8, 4) is 17.5 Å².